The number of hydrogen-bond acceptors (Lipinski definition) is 5. The number of rotatable bonds is 8. The first-order valence-electron chi connectivity index (χ1n) is 9.99. The van der Waals surface area contributed by atoms with E-state index >= 15 is 0 Å². The Kier molecular flexibility index (Phi) is 7.10. The number of thiazole rings is 1. The Morgan fingerprint density at radius 2 is 1.83 bits per heavy atom. The van der Waals surface area contributed by atoms with E-state index in [1.807, 2.05) is 11.5 Å². The highest BCUT2D eigenvalue weighted by Crippen LogP contribution is 2.22. The average molecular weight is 447 g/mol. The van der Waals surface area contributed by atoms with E-state index in [0.29, 0.717) is 23.5 Å². The monoisotopic (exact) mass is 446 g/mol. The molecular formula is C22H26N2O4S2. The van der Waals surface area contributed by atoms with E-state index in [-0.39, 0.29) is 10.8 Å². The van der Waals surface area contributed by atoms with Gasteiger partial charge in [-0.15, -0.1) is 0 Å². The quantitative estimate of drug-likeness (QED) is 0.480. The van der Waals surface area contributed by atoms with Crippen molar-refractivity contribution in [2.45, 2.75) is 44.6 Å². The van der Waals surface area contributed by atoms with Gasteiger partial charge in [0.2, 0.25) is 0 Å². The van der Waals surface area contributed by atoms with Crippen LogP contribution in [0.15, 0.2) is 52.4 Å². The Labute approximate surface area is 180 Å². The number of carbonyl (C=O) groups is 1. The molecule has 2 aromatic carbocycles. The number of aromatic nitrogens is 1. The highest BCUT2D eigenvalue weighted by Gasteiger charge is 2.13. The molecule has 3 aromatic rings. The van der Waals surface area contributed by atoms with E-state index < -0.39 is 9.84 Å². The molecule has 0 saturated carbocycles. The molecule has 0 radical (unpaired) electrons. The second kappa shape index (κ2) is 9.57. The minimum atomic E-state index is -3.30. The molecule has 0 unspecified atom stereocenters. The number of unbranched alkanes of at least 4 members (excludes halogenated alkanes) is 1. The fraction of sp³-hybridized carbons (Fsp3) is 0.364. The summed E-state index contributed by atoms with van der Waals surface area (Å²) < 4.78 is 32.1. The Morgan fingerprint density at radius 1 is 1.10 bits per heavy atom. The lowest BCUT2D eigenvalue weighted by atomic mass is 10.2. The van der Waals surface area contributed by atoms with Crippen molar-refractivity contribution in [3.8, 4) is 5.75 Å². The van der Waals surface area contributed by atoms with Crippen molar-refractivity contribution < 1.29 is 17.9 Å². The van der Waals surface area contributed by atoms with E-state index in [1.165, 1.54) is 17.6 Å². The number of aryl methyl sites for hydroxylation is 1. The molecule has 0 aliphatic rings. The molecular weight excluding hydrogens is 420 g/mol. The lowest BCUT2D eigenvalue weighted by Gasteiger charge is -2.05. The van der Waals surface area contributed by atoms with Gasteiger partial charge in [-0.2, -0.15) is 4.99 Å². The molecule has 0 spiro atoms. The normalized spacial score (nSPS) is 12.4. The Balaban J connectivity index is 1.95. The predicted octanol–water partition coefficient (Wildman–Crippen LogP) is 4.44. The first-order chi connectivity index (χ1) is 14.3. The summed E-state index contributed by atoms with van der Waals surface area (Å²) in [5, 5.41) is 0. The molecule has 160 valence electrons. The molecule has 1 amide bonds. The molecule has 0 fully saturated rings. The number of ether oxygens (including phenoxy) is 1. The van der Waals surface area contributed by atoms with Crippen LogP contribution in [0.3, 0.4) is 0 Å². The third-order valence-electron chi connectivity index (χ3n) is 4.59. The number of fused-ring (bicyclic) bond motifs is 1. The fourth-order valence-electron chi connectivity index (χ4n) is 2.99. The molecule has 1 aromatic heterocycles. The number of benzene rings is 2. The summed E-state index contributed by atoms with van der Waals surface area (Å²) in [6, 6.07) is 12.0. The molecule has 3 rings (SSSR count). The SMILES string of the molecule is CCCCOc1ccc(C(=O)N=c2sc3cc(S(C)(=O)=O)ccc3n2CCC)cc1. The standard InChI is InChI=1S/C22H26N2O4S2/c1-4-6-14-28-17-9-7-16(8-10-17)21(25)23-22-24(13-5-2)19-12-11-18(30(3,26)27)15-20(19)29-22/h7-12,15H,4-6,13-14H2,1-3H3. The predicted molar refractivity (Wildman–Crippen MR) is 120 cm³/mol. The lowest BCUT2D eigenvalue weighted by Crippen LogP contribution is -2.16. The summed E-state index contributed by atoms with van der Waals surface area (Å²) in [5.41, 5.74) is 1.36. The van der Waals surface area contributed by atoms with Gasteiger partial charge < -0.3 is 9.30 Å². The van der Waals surface area contributed by atoms with Crippen LogP contribution in [-0.2, 0) is 16.4 Å². The van der Waals surface area contributed by atoms with Crippen LogP contribution < -0.4 is 9.54 Å². The molecule has 6 nitrogen and oxygen atoms in total. The van der Waals surface area contributed by atoms with Crippen molar-refractivity contribution in [2.75, 3.05) is 12.9 Å². The van der Waals surface area contributed by atoms with E-state index in [2.05, 4.69) is 11.9 Å². The van der Waals surface area contributed by atoms with Gasteiger partial charge in [-0.25, -0.2) is 8.42 Å². The Bertz CT molecular complexity index is 1210. The minimum Gasteiger partial charge on any atom is -0.494 e. The molecule has 1 heterocycles. The number of carbonyl (C=O) groups excluding carboxylic acids is 1. The van der Waals surface area contributed by atoms with Crippen molar-refractivity contribution >= 4 is 37.3 Å². The molecule has 0 aliphatic carbocycles. The summed E-state index contributed by atoms with van der Waals surface area (Å²) in [5.74, 6) is 0.395. The molecule has 0 saturated heterocycles. The maximum Gasteiger partial charge on any atom is 0.279 e. The molecule has 0 N–H and O–H groups in total. The van der Waals surface area contributed by atoms with Crippen molar-refractivity contribution in [2.24, 2.45) is 4.99 Å². The van der Waals surface area contributed by atoms with Crippen LogP contribution in [0.25, 0.3) is 10.2 Å². The average Bonchev–Trinajstić information content (AvgIpc) is 3.05. The number of sulfone groups is 1. The smallest absolute Gasteiger partial charge is 0.279 e. The molecule has 0 bridgehead atoms. The van der Waals surface area contributed by atoms with E-state index in [0.717, 1.165) is 35.2 Å². The molecule has 0 atom stereocenters. The van der Waals surface area contributed by atoms with Gasteiger partial charge in [-0.05, 0) is 55.3 Å². The Morgan fingerprint density at radius 3 is 2.47 bits per heavy atom. The van der Waals surface area contributed by atoms with Gasteiger partial charge in [-0.1, -0.05) is 31.6 Å². The molecule has 0 aliphatic heterocycles. The number of amides is 1. The lowest BCUT2D eigenvalue weighted by molar-refractivity contribution is 0.0997. The molecule has 30 heavy (non-hydrogen) atoms. The largest absolute Gasteiger partial charge is 0.494 e. The fourth-order valence-corrected chi connectivity index (χ4v) is 4.80. The van der Waals surface area contributed by atoms with Gasteiger partial charge >= 0.3 is 0 Å². The van der Waals surface area contributed by atoms with Crippen molar-refractivity contribution in [3.05, 3.63) is 52.8 Å². The summed E-state index contributed by atoms with van der Waals surface area (Å²) in [4.78, 5) is 17.9. The zero-order valence-corrected chi connectivity index (χ0v) is 19.1. The van der Waals surface area contributed by atoms with Gasteiger partial charge in [0.25, 0.3) is 5.91 Å². The third kappa shape index (κ3) is 5.17. The summed E-state index contributed by atoms with van der Waals surface area (Å²) in [6.07, 6.45) is 4.10. The Hall–Kier alpha value is -2.45. The zero-order chi connectivity index (χ0) is 21.7. The van der Waals surface area contributed by atoms with Crippen LogP contribution in [0.4, 0.5) is 0 Å². The van der Waals surface area contributed by atoms with Crippen LogP contribution in [0.5, 0.6) is 5.75 Å². The maximum absolute atomic E-state index is 12.7. The van der Waals surface area contributed by atoms with Crippen LogP contribution in [0, 0.1) is 0 Å². The second-order valence-corrected chi connectivity index (χ2v) is 10.1. The third-order valence-corrected chi connectivity index (χ3v) is 6.75. The van der Waals surface area contributed by atoms with Crippen LogP contribution in [0.1, 0.15) is 43.5 Å². The number of hydrogen-bond donors (Lipinski definition) is 0. The topological polar surface area (TPSA) is 77.7 Å². The number of nitrogens with zero attached hydrogens (tertiary/aromatic N) is 2. The first-order valence-corrected chi connectivity index (χ1v) is 12.7. The van der Waals surface area contributed by atoms with Crippen LogP contribution in [-0.4, -0.2) is 31.8 Å². The zero-order valence-electron chi connectivity index (χ0n) is 17.4. The van der Waals surface area contributed by atoms with Gasteiger partial charge in [0, 0.05) is 18.4 Å². The molecule has 8 heteroatoms. The highest BCUT2D eigenvalue weighted by molar-refractivity contribution is 7.90. The van der Waals surface area contributed by atoms with Crippen molar-refractivity contribution in [3.63, 3.8) is 0 Å². The van der Waals surface area contributed by atoms with Crippen molar-refractivity contribution in [1.29, 1.82) is 0 Å². The maximum atomic E-state index is 12.7. The minimum absolute atomic E-state index is 0.261. The van der Waals surface area contributed by atoms with Crippen LogP contribution in [0.2, 0.25) is 0 Å². The summed E-state index contributed by atoms with van der Waals surface area (Å²) in [7, 11) is -3.30. The van der Waals surface area contributed by atoms with E-state index in [9.17, 15) is 13.2 Å². The first kappa shape index (κ1) is 22.2. The second-order valence-electron chi connectivity index (χ2n) is 7.08. The summed E-state index contributed by atoms with van der Waals surface area (Å²) in [6.45, 7) is 5.49. The summed E-state index contributed by atoms with van der Waals surface area (Å²) >= 11 is 1.32. The van der Waals surface area contributed by atoms with E-state index in [4.69, 9.17) is 4.74 Å². The van der Waals surface area contributed by atoms with Crippen LogP contribution >= 0.6 is 11.3 Å². The van der Waals surface area contributed by atoms with Crippen molar-refractivity contribution in [1.82, 2.24) is 4.57 Å². The van der Waals surface area contributed by atoms with Gasteiger partial charge in [0.1, 0.15) is 5.75 Å². The van der Waals surface area contributed by atoms with Gasteiger partial charge in [0.15, 0.2) is 14.6 Å². The van der Waals surface area contributed by atoms with E-state index in [1.54, 1.807) is 42.5 Å². The highest BCUT2D eigenvalue weighted by atomic mass is 32.2. The van der Waals surface area contributed by atoms with Gasteiger partial charge in [-0.3, -0.25) is 4.79 Å². The van der Waals surface area contributed by atoms with Gasteiger partial charge in [0.05, 0.1) is 21.7 Å².